The van der Waals surface area contributed by atoms with Gasteiger partial charge in [0, 0.05) is 5.22 Å². The third kappa shape index (κ3) is 3.25. The minimum absolute atomic E-state index is 0.495. The quantitative estimate of drug-likeness (QED) is 0.364. The van der Waals surface area contributed by atoms with Crippen molar-refractivity contribution >= 4 is 5.69 Å². The number of quaternary nitrogens is 1. The van der Waals surface area contributed by atoms with Crippen LogP contribution in [0.3, 0.4) is 0 Å². The lowest BCUT2D eigenvalue weighted by molar-refractivity contribution is -0.882. The number of hydrogen-bond acceptors (Lipinski definition) is 2. The van der Waals surface area contributed by atoms with Crippen molar-refractivity contribution in [2.75, 3.05) is 21.1 Å². The smallest absolute Gasteiger partial charge is 0.0939 e. The lowest BCUT2D eigenvalue weighted by Crippen LogP contribution is -2.26. The molecule has 0 aliphatic carbocycles. The summed E-state index contributed by atoms with van der Waals surface area (Å²) in [6.07, 6.45) is 0. The fourth-order valence-corrected chi connectivity index (χ4v) is 0.680. The molecule has 0 spiro atoms. The minimum Gasteiger partial charge on any atom is -0.186 e. The van der Waals surface area contributed by atoms with Crippen LogP contribution in [0.1, 0.15) is 0 Å². The molecule has 0 fully saturated rings. The van der Waals surface area contributed by atoms with Crippen LogP contribution in [0.2, 0.25) is 0 Å². The molecule has 64 valence electrons. The lowest BCUT2D eigenvalue weighted by Gasteiger charge is -2.11. The van der Waals surface area contributed by atoms with Gasteiger partial charge in [-0.2, -0.15) is 4.59 Å². The highest BCUT2D eigenvalue weighted by atomic mass is 15.6. The Morgan fingerprint density at radius 1 is 1.00 bits per heavy atom. The molecule has 1 aromatic rings. The topological polar surface area (TPSA) is 24.7 Å². The van der Waals surface area contributed by atoms with Crippen LogP contribution in [0.25, 0.3) is 0 Å². The van der Waals surface area contributed by atoms with E-state index < -0.39 is 0 Å². The summed E-state index contributed by atoms with van der Waals surface area (Å²) in [4.78, 5) is 0. The zero-order valence-corrected chi connectivity index (χ0v) is 7.73. The van der Waals surface area contributed by atoms with Crippen molar-refractivity contribution in [3.05, 3.63) is 30.3 Å². The second-order valence-electron chi connectivity index (χ2n) is 3.47. The van der Waals surface area contributed by atoms with Crippen molar-refractivity contribution in [3.8, 4) is 0 Å². The van der Waals surface area contributed by atoms with Crippen LogP contribution >= 0.6 is 0 Å². The molecule has 0 atom stereocenters. The average molecular weight is 164 g/mol. The second-order valence-corrected chi connectivity index (χ2v) is 3.47. The van der Waals surface area contributed by atoms with Crippen molar-refractivity contribution in [2.45, 2.75) is 0 Å². The fourth-order valence-electron chi connectivity index (χ4n) is 0.680. The summed E-state index contributed by atoms with van der Waals surface area (Å²) in [5.74, 6) is 0. The van der Waals surface area contributed by atoms with Gasteiger partial charge in [-0.3, -0.25) is 0 Å². The van der Waals surface area contributed by atoms with Crippen molar-refractivity contribution in [1.29, 1.82) is 0 Å². The molecule has 0 N–H and O–H groups in total. The first-order valence-corrected chi connectivity index (χ1v) is 3.88. The first kappa shape index (κ1) is 8.87. The van der Waals surface area contributed by atoms with Crippen LogP contribution in [0.15, 0.2) is 40.7 Å². The molecule has 3 heteroatoms. The van der Waals surface area contributed by atoms with Gasteiger partial charge in [0.2, 0.25) is 0 Å². The molecule has 0 aliphatic heterocycles. The van der Waals surface area contributed by atoms with E-state index in [1.165, 1.54) is 0 Å². The molecule has 0 heterocycles. The van der Waals surface area contributed by atoms with E-state index in [9.17, 15) is 0 Å². The Kier molecular flexibility index (Phi) is 2.55. The average Bonchev–Trinajstić information content (AvgIpc) is 2.02. The van der Waals surface area contributed by atoms with Gasteiger partial charge in [0.25, 0.3) is 0 Å². The molecule has 3 nitrogen and oxygen atoms in total. The lowest BCUT2D eigenvalue weighted by atomic mass is 10.3. The summed E-state index contributed by atoms with van der Waals surface area (Å²) in [6, 6.07) is 9.72. The number of rotatable bonds is 2. The summed E-state index contributed by atoms with van der Waals surface area (Å²) in [5, 5.41) is 8.16. The summed E-state index contributed by atoms with van der Waals surface area (Å²) >= 11 is 0. The molecule has 0 aliphatic rings. The maximum atomic E-state index is 4.09. The molecule has 0 radical (unpaired) electrons. The Hall–Kier alpha value is -1.22. The predicted molar refractivity (Wildman–Crippen MR) is 49.0 cm³/mol. The van der Waals surface area contributed by atoms with Gasteiger partial charge < -0.3 is 0 Å². The van der Waals surface area contributed by atoms with E-state index in [0.717, 1.165) is 5.69 Å². The molecule has 12 heavy (non-hydrogen) atoms. The van der Waals surface area contributed by atoms with E-state index in [-0.39, 0.29) is 0 Å². The first-order chi connectivity index (χ1) is 5.58. The summed E-state index contributed by atoms with van der Waals surface area (Å²) in [5.41, 5.74) is 0.894. The minimum atomic E-state index is 0.495. The molecular formula is C9H14N3+. The van der Waals surface area contributed by atoms with E-state index in [0.29, 0.717) is 4.59 Å². The van der Waals surface area contributed by atoms with Crippen LogP contribution in [0.5, 0.6) is 0 Å². The van der Waals surface area contributed by atoms with Crippen LogP contribution in [0, 0.1) is 0 Å². The second kappa shape index (κ2) is 3.45. The molecule has 1 aromatic carbocycles. The number of benzene rings is 1. The van der Waals surface area contributed by atoms with Crippen molar-refractivity contribution in [1.82, 2.24) is 0 Å². The maximum Gasteiger partial charge on any atom is 0.0939 e. The van der Waals surface area contributed by atoms with Crippen molar-refractivity contribution in [2.24, 2.45) is 10.3 Å². The van der Waals surface area contributed by atoms with E-state index in [1.807, 2.05) is 51.5 Å². The summed E-state index contributed by atoms with van der Waals surface area (Å²) in [6.45, 7) is 0. The maximum absolute atomic E-state index is 4.09. The normalized spacial score (nSPS) is 12.2. The van der Waals surface area contributed by atoms with Gasteiger partial charge in [0.1, 0.15) is 0 Å². The fraction of sp³-hybridized carbons (Fsp3) is 0.333. The van der Waals surface area contributed by atoms with E-state index in [4.69, 9.17) is 0 Å². The third-order valence-electron chi connectivity index (χ3n) is 1.18. The summed E-state index contributed by atoms with van der Waals surface area (Å²) < 4.78 is 0.495. The van der Waals surface area contributed by atoms with E-state index in [1.54, 1.807) is 0 Å². The summed E-state index contributed by atoms with van der Waals surface area (Å²) in [7, 11) is 5.89. The van der Waals surface area contributed by atoms with Crippen LogP contribution in [-0.2, 0) is 0 Å². The highest BCUT2D eigenvalue weighted by Crippen LogP contribution is 2.11. The first-order valence-electron chi connectivity index (χ1n) is 3.88. The number of hydrogen-bond donors (Lipinski definition) is 0. The van der Waals surface area contributed by atoms with Crippen LogP contribution in [-0.4, -0.2) is 25.7 Å². The molecule has 0 saturated carbocycles. The van der Waals surface area contributed by atoms with Crippen LogP contribution < -0.4 is 0 Å². The standard InChI is InChI=1S/C9H14N3/c1-12(2,3)11-10-9-7-5-4-6-8-9/h4-8H,1-3H3/q+1. The van der Waals surface area contributed by atoms with Gasteiger partial charge in [-0.15, -0.1) is 5.11 Å². The van der Waals surface area contributed by atoms with Crippen molar-refractivity contribution in [3.63, 3.8) is 0 Å². The predicted octanol–water partition coefficient (Wildman–Crippen LogP) is 2.39. The monoisotopic (exact) mass is 164 g/mol. The molecule has 0 aromatic heterocycles. The largest absolute Gasteiger partial charge is 0.186 e. The van der Waals surface area contributed by atoms with Crippen molar-refractivity contribution < 1.29 is 4.59 Å². The molecule has 0 amide bonds. The Bertz CT molecular complexity index is 259. The van der Waals surface area contributed by atoms with E-state index >= 15 is 0 Å². The van der Waals surface area contributed by atoms with Gasteiger partial charge in [0.05, 0.1) is 26.8 Å². The Morgan fingerprint density at radius 3 is 2.08 bits per heavy atom. The molecule has 0 unspecified atom stereocenters. The highest BCUT2D eigenvalue weighted by Gasteiger charge is 2.02. The van der Waals surface area contributed by atoms with Gasteiger partial charge >= 0.3 is 0 Å². The SMILES string of the molecule is C[N+](C)(C)N=Nc1ccccc1. The zero-order chi connectivity index (χ0) is 9.03. The number of nitrogens with zero attached hydrogens (tertiary/aromatic N) is 3. The zero-order valence-electron chi connectivity index (χ0n) is 7.73. The molecule has 0 saturated heterocycles. The van der Waals surface area contributed by atoms with E-state index in [2.05, 4.69) is 10.3 Å². The van der Waals surface area contributed by atoms with Crippen LogP contribution in [0.4, 0.5) is 5.69 Å². The molecule has 0 bridgehead atoms. The molecule has 1 rings (SSSR count). The Morgan fingerprint density at radius 2 is 1.58 bits per heavy atom. The Balaban J connectivity index is 2.71. The van der Waals surface area contributed by atoms with Gasteiger partial charge in [0.15, 0.2) is 0 Å². The van der Waals surface area contributed by atoms with Gasteiger partial charge in [-0.1, -0.05) is 18.2 Å². The Labute approximate surface area is 72.9 Å². The third-order valence-corrected chi connectivity index (χ3v) is 1.18. The molecular weight excluding hydrogens is 150 g/mol. The van der Waals surface area contributed by atoms with Gasteiger partial charge in [-0.25, -0.2) is 0 Å². The highest BCUT2D eigenvalue weighted by molar-refractivity contribution is 5.34. The van der Waals surface area contributed by atoms with Gasteiger partial charge in [-0.05, 0) is 12.1 Å².